The van der Waals surface area contributed by atoms with Crippen LogP contribution in [0.4, 0.5) is 4.39 Å². The number of H-pyrrole nitrogens is 2. The number of halogens is 2. The minimum Gasteiger partial charge on any atom is -0.314 e. The van der Waals surface area contributed by atoms with E-state index < -0.39 is 17.1 Å². The van der Waals surface area contributed by atoms with Gasteiger partial charge in [-0.2, -0.15) is 0 Å². The molecule has 0 fully saturated rings. The van der Waals surface area contributed by atoms with E-state index in [0.717, 1.165) is 5.56 Å². The summed E-state index contributed by atoms with van der Waals surface area (Å²) in [5, 5.41) is 3.31. The Kier molecular flexibility index (Phi) is 4.13. The molecule has 7 heteroatoms. The minimum absolute atomic E-state index is 0.264. The van der Waals surface area contributed by atoms with E-state index in [4.69, 9.17) is 11.6 Å². The average molecular weight is 284 g/mol. The van der Waals surface area contributed by atoms with Crippen LogP contribution in [0.1, 0.15) is 11.1 Å². The van der Waals surface area contributed by atoms with Gasteiger partial charge in [0.1, 0.15) is 5.82 Å². The van der Waals surface area contributed by atoms with Crippen molar-refractivity contribution in [3.8, 4) is 0 Å². The van der Waals surface area contributed by atoms with Gasteiger partial charge in [0.2, 0.25) is 0 Å². The molecule has 0 aliphatic carbocycles. The molecule has 0 spiro atoms. The Morgan fingerprint density at radius 3 is 2.63 bits per heavy atom. The summed E-state index contributed by atoms with van der Waals surface area (Å²) in [6.45, 7) is 0.650. The Morgan fingerprint density at radius 1 is 1.21 bits per heavy atom. The van der Waals surface area contributed by atoms with Crippen molar-refractivity contribution in [1.29, 1.82) is 0 Å². The van der Waals surface area contributed by atoms with Crippen LogP contribution in [0, 0.1) is 5.82 Å². The number of aromatic nitrogens is 2. The van der Waals surface area contributed by atoms with Gasteiger partial charge in [0.25, 0.3) is 5.56 Å². The van der Waals surface area contributed by atoms with E-state index in [0.29, 0.717) is 17.1 Å². The molecule has 0 aliphatic rings. The number of aromatic amines is 2. The van der Waals surface area contributed by atoms with E-state index in [1.54, 1.807) is 6.07 Å². The normalized spacial score (nSPS) is 10.6. The zero-order valence-corrected chi connectivity index (χ0v) is 10.6. The first-order valence-electron chi connectivity index (χ1n) is 5.52. The first kappa shape index (κ1) is 13.5. The van der Waals surface area contributed by atoms with E-state index in [2.05, 4.69) is 15.3 Å². The molecule has 3 N–H and O–H groups in total. The lowest BCUT2D eigenvalue weighted by atomic mass is 10.2. The molecule has 100 valence electrons. The second-order valence-electron chi connectivity index (χ2n) is 3.94. The number of hydrogen-bond acceptors (Lipinski definition) is 3. The van der Waals surface area contributed by atoms with Crippen molar-refractivity contribution in [3.63, 3.8) is 0 Å². The second-order valence-corrected chi connectivity index (χ2v) is 4.34. The first-order valence-corrected chi connectivity index (χ1v) is 5.89. The van der Waals surface area contributed by atoms with E-state index in [-0.39, 0.29) is 6.54 Å². The molecule has 1 aromatic carbocycles. The average Bonchev–Trinajstić information content (AvgIpc) is 2.34. The zero-order chi connectivity index (χ0) is 13.8. The summed E-state index contributed by atoms with van der Waals surface area (Å²) in [5.41, 5.74) is 0.138. The summed E-state index contributed by atoms with van der Waals surface area (Å²) < 4.78 is 12.8. The fourth-order valence-electron chi connectivity index (χ4n) is 1.57. The fraction of sp³-hybridized carbons (Fsp3) is 0.167. The van der Waals surface area contributed by atoms with Gasteiger partial charge in [-0.1, -0.05) is 17.7 Å². The van der Waals surface area contributed by atoms with E-state index >= 15 is 0 Å². The van der Waals surface area contributed by atoms with Crippen molar-refractivity contribution in [2.45, 2.75) is 13.1 Å². The second kappa shape index (κ2) is 5.81. The Morgan fingerprint density at radius 2 is 1.95 bits per heavy atom. The summed E-state index contributed by atoms with van der Waals surface area (Å²) in [7, 11) is 0. The maximum atomic E-state index is 12.8. The predicted octanol–water partition coefficient (Wildman–Crippen LogP) is 1.15. The molecular formula is C12H11ClFN3O2. The first-order chi connectivity index (χ1) is 9.06. The smallest absolute Gasteiger partial charge is 0.314 e. The van der Waals surface area contributed by atoms with E-state index in [9.17, 15) is 14.0 Å². The third-order valence-corrected chi connectivity index (χ3v) is 2.89. The van der Waals surface area contributed by atoms with Crippen LogP contribution >= 0.6 is 11.6 Å². The van der Waals surface area contributed by atoms with Crippen LogP contribution in [0.5, 0.6) is 0 Å². The monoisotopic (exact) mass is 283 g/mol. The van der Waals surface area contributed by atoms with Crippen LogP contribution in [0.25, 0.3) is 0 Å². The summed E-state index contributed by atoms with van der Waals surface area (Å²) in [6.07, 6.45) is 1.35. The molecule has 1 heterocycles. The number of hydrogen-bond donors (Lipinski definition) is 3. The molecule has 0 saturated carbocycles. The Hall–Kier alpha value is -1.92. The van der Waals surface area contributed by atoms with Crippen LogP contribution in [-0.4, -0.2) is 9.97 Å². The van der Waals surface area contributed by atoms with Gasteiger partial charge in [-0.3, -0.25) is 9.78 Å². The maximum Gasteiger partial charge on any atom is 0.325 e. The lowest BCUT2D eigenvalue weighted by Gasteiger charge is -2.06. The number of benzene rings is 1. The molecule has 2 rings (SSSR count). The largest absolute Gasteiger partial charge is 0.325 e. The number of nitrogens with one attached hydrogen (secondary N) is 3. The van der Waals surface area contributed by atoms with Crippen LogP contribution in [0.2, 0.25) is 5.02 Å². The highest BCUT2D eigenvalue weighted by atomic mass is 35.5. The highest BCUT2D eigenvalue weighted by molar-refractivity contribution is 6.31. The minimum atomic E-state index is -0.546. The van der Waals surface area contributed by atoms with E-state index in [1.165, 1.54) is 18.3 Å². The zero-order valence-electron chi connectivity index (χ0n) is 9.80. The molecular weight excluding hydrogens is 273 g/mol. The van der Waals surface area contributed by atoms with Crippen molar-refractivity contribution in [1.82, 2.24) is 15.3 Å². The van der Waals surface area contributed by atoms with Crippen molar-refractivity contribution < 1.29 is 4.39 Å². The Bertz CT molecular complexity index is 696. The molecule has 0 aliphatic heterocycles. The molecule has 0 bridgehead atoms. The predicted molar refractivity (Wildman–Crippen MR) is 69.6 cm³/mol. The lowest BCUT2D eigenvalue weighted by Crippen LogP contribution is -2.27. The Balaban J connectivity index is 2.00. The van der Waals surface area contributed by atoms with Gasteiger partial charge < -0.3 is 10.3 Å². The third-order valence-electron chi connectivity index (χ3n) is 2.54. The van der Waals surface area contributed by atoms with Crippen LogP contribution < -0.4 is 16.6 Å². The standard InChI is InChI=1S/C12H11ClFN3O2/c13-10-3-9(14)2-1-7(10)4-15-5-8-6-16-12(19)17-11(8)18/h1-3,6,15H,4-5H2,(H2,16,17,18,19). The van der Waals surface area contributed by atoms with Gasteiger partial charge in [-0.05, 0) is 17.7 Å². The van der Waals surface area contributed by atoms with Crippen molar-refractivity contribution in [3.05, 3.63) is 67.2 Å². The van der Waals surface area contributed by atoms with Crippen molar-refractivity contribution in [2.24, 2.45) is 0 Å². The molecule has 0 radical (unpaired) electrons. The van der Waals surface area contributed by atoms with Crippen molar-refractivity contribution >= 4 is 11.6 Å². The highest BCUT2D eigenvalue weighted by Crippen LogP contribution is 2.16. The van der Waals surface area contributed by atoms with Gasteiger partial charge in [0.15, 0.2) is 0 Å². The topological polar surface area (TPSA) is 77.8 Å². The SMILES string of the molecule is O=c1[nH]cc(CNCc2ccc(F)cc2Cl)c(=O)[nH]1. The van der Waals surface area contributed by atoms with Crippen LogP contribution in [-0.2, 0) is 13.1 Å². The molecule has 0 amide bonds. The number of rotatable bonds is 4. The Labute approximate surface area is 112 Å². The summed E-state index contributed by atoms with van der Waals surface area (Å²) in [6, 6.07) is 4.11. The van der Waals surface area contributed by atoms with Crippen LogP contribution in [0.15, 0.2) is 34.0 Å². The summed E-state index contributed by atoms with van der Waals surface area (Å²) in [4.78, 5) is 26.7. The van der Waals surface area contributed by atoms with Crippen LogP contribution in [0.3, 0.4) is 0 Å². The highest BCUT2D eigenvalue weighted by Gasteiger charge is 2.03. The van der Waals surface area contributed by atoms with E-state index in [1.807, 2.05) is 0 Å². The summed E-state index contributed by atoms with van der Waals surface area (Å²) in [5.74, 6) is -0.397. The molecule has 0 atom stereocenters. The molecule has 2 aromatic rings. The molecule has 5 nitrogen and oxygen atoms in total. The molecule has 0 saturated heterocycles. The lowest BCUT2D eigenvalue weighted by molar-refractivity contribution is 0.624. The van der Waals surface area contributed by atoms with Crippen molar-refractivity contribution in [2.75, 3.05) is 0 Å². The van der Waals surface area contributed by atoms with Gasteiger partial charge in [0, 0.05) is 29.9 Å². The van der Waals surface area contributed by atoms with Gasteiger partial charge in [0.05, 0.1) is 0 Å². The molecule has 19 heavy (non-hydrogen) atoms. The van der Waals surface area contributed by atoms with Gasteiger partial charge in [-0.15, -0.1) is 0 Å². The maximum absolute atomic E-state index is 12.8. The third kappa shape index (κ3) is 3.52. The quantitative estimate of drug-likeness (QED) is 0.787. The van der Waals surface area contributed by atoms with Gasteiger partial charge in [-0.25, -0.2) is 9.18 Å². The van der Waals surface area contributed by atoms with Gasteiger partial charge >= 0.3 is 5.69 Å². The molecule has 0 unspecified atom stereocenters. The molecule has 1 aromatic heterocycles. The summed E-state index contributed by atoms with van der Waals surface area (Å²) >= 11 is 5.87. The fourth-order valence-corrected chi connectivity index (χ4v) is 1.80.